The molecule has 0 aromatic rings. The van der Waals surface area contributed by atoms with Gasteiger partial charge in [-0.25, -0.2) is 0 Å². The molecule has 1 aliphatic rings. The van der Waals surface area contributed by atoms with Crippen molar-refractivity contribution in [2.24, 2.45) is 0 Å². The molecule has 12 nitrogen and oxygen atoms in total. The largest absolute Gasteiger partial charge is 0.481 e. The van der Waals surface area contributed by atoms with Crippen molar-refractivity contribution in [3.8, 4) is 0 Å². The number of rotatable bonds is 30. The number of ether oxygens (including phenoxy) is 6. The highest BCUT2D eigenvalue weighted by atomic mass is 16.7. The van der Waals surface area contributed by atoms with Gasteiger partial charge in [-0.2, -0.15) is 0 Å². The SMILES string of the molecule is CCCCCCCCCCCCCCCCCC(=O)O.COC1OC(COCCO)C(OCCO)C(OCCO)C1OCCO. The maximum Gasteiger partial charge on any atom is 0.303 e. The van der Waals surface area contributed by atoms with Crippen molar-refractivity contribution in [3.05, 3.63) is 0 Å². The third kappa shape index (κ3) is 24.0. The first-order valence-electron chi connectivity index (χ1n) is 17.3. The second-order valence-corrected chi connectivity index (χ2v) is 11.3. The topological polar surface area (TPSA) is 174 Å². The molecule has 1 saturated heterocycles. The van der Waals surface area contributed by atoms with Gasteiger partial charge in [0.05, 0.1) is 59.5 Å². The number of hydrogen-bond donors (Lipinski definition) is 5. The van der Waals surface area contributed by atoms with Crippen molar-refractivity contribution in [2.75, 3.05) is 66.6 Å². The van der Waals surface area contributed by atoms with E-state index in [1.165, 1.54) is 90.6 Å². The number of unbranched alkanes of at least 4 members (excludes halogenated alkanes) is 14. The zero-order valence-electron chi connectivity index (χ0n) is 28.2. The lowest BCUT2D eigenvalue weighted by atomic mass is 9.98. The Balaban J connectivity index is 0.000000884. The fourth-order valence-corrected chi connectivity index (χ4v) is 5.25. The summed E-state index contributed by atoms with van der Waals surface area (Å²) in [6.45, 7) is 1.96. The Bertz CT molecular complexity index is 626. The van der Waals surface area contributed by atoms with E-state index in [4.69, 9.17) is 54.0 Å². The van der Waals surface area contributed by atoms with Crippen LogP contribution in [0.4, 0.5) is 0 Å². The van der Waals surface area contributed by atoms with E-state index < -0.39 is 36.7 Å². The summed E-state index contributed by atoms with van der Waals surface area (Å²) < 4.78 is 33.4. The molecule has 0 spiro atoms. The molecule has 0 radical (unpaired) electrons. The summed E-state index contributed by atoms with van der Waals surface area (Å²) in [5.41, 5.74) is 0. The third-order valence-electron chi connectivity index (χ3n) is 7.54. The van der Waals surface area contributed by atoms with Crippen molar-refractivity contribution >= 4 is 5.97 Å². The van der Waals surface area contributed by atoms with Crippen molar-refractivity contribution in [1.29, 1.82) is 0 Å². The smallest absolute Gasteiger partial charge is 0.303 e. The van der Waals surface area contributed by atoms with Gasteiger partial charge < -0.3 is 54.0 Å². The Morgan fingerprint density at radius 1 is 0.600 bits per heavy atom. The van der Waals surface area contributed by atoms with E-state index in [9.17, 15) is 4.79 Å². The number of carboxylic acids is 1. The molecule has 45 heavy (non-hydrogen) atoms. The van der Waals surface area contributed by atoms with Crippen LogP contribution in [0, 0.1) is 0 Å². The van der Waals surface area contributed by atoms with Crippen LogP contribution in [0.25, 0.3) is 0 Å². The molecule has 1 heterocycles. The minimum Gasteiger partial charge on any atom is -0.481 e. The molecule has 1 aliphatic heterocycles. The molecule has 5 unspecified atom stereocenters. The minimum absolute atomic E-state index is 0.0449. The quantitative estimate of drug-likeness (QED) is 0.0710. The van der Waals surface area contributed by atoms with E-state index in [0.29, 0.717) is 6.42 Å². The fraction of sp³-hybridized carbons (Fsp3) is 0.970. The Morgan fingerprint density at radius 3 is 1.44 bits per heavy atom. The van der Waals surface area contributed by atoms with Gasteiger partial charge in [0, 0.05) is 13.5 Å². The summed E-state index contributed by atoms with van der Waals surface area (Å²) >= 11 is 0. The van der Waals surface area contributed by atoms with Gasteiger partial charge in [-0.15, -0.1) is 0 Å². The van der Waals surface area contributed by atoms with E-state index >= 15 is 0 Å². The molecule has 5 atom stereocenters. The van der Waals surface area contributed by atoms with E-state index in [1.807, 2.05) is 0 Å². The molecular formula is C33H66O12. The number of aliphatic hydroxyl groups excluding tert-OH is 4. The monoisotopic (exact) mass is 654 g/mol. The number of aliphatic carboxylic acids is 1. The van der Waals surface area contributed by atoms with Gasteiger partial charge >= 0.3 is 5.97 Å². The molecular weight excluding hydrogens is 588 g/mol. The molecule has 5 N–H and O–H groups in total. The summed E-state index contributed by atoms with van der Waals surface area (Å²) in [5.74, 6) is -0.653. The average molecular weight is 655 g/mol. The molecule has 1 rings (SSSR count). The lowest BCUT2D eigenvalue weighted by Gasteiger charge is -2.45. The van der Waals surface area contributed by atoms with Crippen LogP contribution in [-0.4, -0.2) is 129 Å². The molecule has 0 bridgehead atoms. The van der Waals surface area contributed by atoms with Gasteiger partial charge in [0.1, 0.15) is 24.4 Å². The Labute approximate surface area is 271 Å². The van der Waals surface area contributed by atoms with Gasteiger partial charge in [-0.1, -0.05) is 96.8 Å². The number of hydrogen-bond acceptors (Lipinski definition) is 11. The first-order valence-corrected chi connectivity index (χ1v) is 17.3. The maximum atomic E-state index is 10.3. The van der Waals surface area contributed by atoms with Gasteiger partial charge in [0.25, 0.3) is 0 Å². The minimum atomic E-state index is -0.799. The van der Waals surface area contributed by atoms with Crippen molar-refractivity contribution in [2.45, 2.75) is 140 Å². The van der Waals surface area contributed by atoms with Crippen molar-refractivity contribution in [1.82, 2.24) is 0 Å². The maximum absolute atomic E-state index is 10.3. The summed E-state index contributed by atoms with van der Waals surface area (Å²) in [6.07, 6.45) is 16.8. The summed E-state index contributed by atoms with van der Waals surface area (Å²) in [4.78, 5) is 10.3. The summed E-state index contributed by atoms with van der Waals surface area (Å²) in [6, 6.07) is 0. The number of carboxylic acid groups (broad SMARTS) is 1. The van der Waals surface area contributed by atoms with Crippen molar-refractivity contribution in [3.63, 3.8) is 0 Å². The highest BCUT2D eigenvalue weighted by Crippen LogP contribution is 2.29. The van der Waals surface area contributed by atoms with Crippen LogP contribution < -0.4 is 0 Å². The van der Waals surface area contributed by atoms with Crippen LogP contribution >= 0.6 is 0 Å². The number of methoxy groups -OCH3 is 1. The highest BCUT2D eigenvalue weighted by Gasteiger charge is 2.48. The predicted molar refractivity (Wildman–Crippen MR) is 171 cm³/mol. The Morgan fingerprint density at radius 2 is 1.02 bits per heavy atom. The lowest BCUT2D eigenvalue weighted by molar-refractivity contribution is -0.319. The zero-order valence-corrected chi connectivity index (χ0v) is 28.2. The van der Waals surface area contributed by atoms with E-state index in [0.717, 1.165) is 12.8 Å². The molecule has 1 fully saturated rings. The number of carbonyl (C=O) groups is 1. The standard InChI is InChI=1S/C18H36O2.C15H30O10/c1-2-3-4-5-6-7-8-9-10-11-12-13-14-15-16-17-18(19)20;1-20-15-14(24-9-5-19)13(23-8-4-18)12(22-7-3-17)11(25-15)10-21-6-2-16/h2-17H2,1H3,(H,19,20);11-19H,2-10H2,1H3. The molecule has 12 heteroatoms. The van der Waals surface area contributed by atoms with Crippen LogP contribution in [0.5, 0.6) is 0 Å². The van der Waals surface area contributed by atoms with Gasteiger partial charge in [0.2, 0.25) is 0 Å². The number of aliphatic hydroxyl groups is 4. The second kappa shape index (κ2) is 33.0. The van der Waals surface area contributed by atoms with Crippen LogP contribution in [-0.2, 0) is 33.2 Å². The van der Waals surface area contributed by atoms with Crippen LogP contribution in [0.2, 0.25) is 0 Å². The van der Waals surface area contributed by atoms with Gasteiger partial charge in [-0.05, 0) is 6.42 Å². The highest BCUT2D eigenvalue weighted by molar-refractivity contribution is 5.66. The van der Waals surface area contributed by atoms with Gasteiger partial charge in [0.15, 0.2) is 6.29 Å². The fourth-order valence-electron chi connectivity index (χ4n) is 5.25. The average Bonchev–Trinajstić information content (AvgIpc) is 3.04. The second-order valence-electron chi connectivity index (χ2n) is 11.3. The first kappa shape index (κ1) is 44.1. The Hall–Kier alpha value is -0.930. The van der Waals surface area contributed by atoms with Crippen LogP contribution in [0.3, 0.4) is 0 Å². The zero-order chi connectivity index (χ0) is 33.4. The molecule has 0 aromatic heterocycles. The molecule has 270 valence electrons. The van der Waals surface area contributed by atoms with Crippen LogP contribution in [0.1, 0.15) is 110 Å². The molecule has 0 saturated carbocycles. The van der Waals surface area contributed by atoms with Crippen molar-refractivity contribution < 1.29 is 58.7 Å². The van der Waals surface area contributed by atoms with E-state index in [1.54, 1.807) is 0 Å². The Kier molecular flexibility index (Phi) is 32.3. The molecule has 0 amide bonds. The van der Waals surface area contributed by atoms with E-state index in [2.05, 4.69) is 6.92 Å². The van der Waals surface area contributed by atoms with E-state index in [-0.39, 0.29) is 59.5 Å². The predicted octanol–water partition coefficient (Wildman–Crippen LogP) is 3.83. The summed E-state index contributed by atoms with van der Waals surface area (Å²) in [5, 5.41) is 44.5. The normalized spacial score (nSPS) is 21.4. The van der Waals surface area contributed by atoms with Gasteiger partial charge in [-0.3, -0.25) is 4.79 Å². The lowest BCUT2D eigenvalue weighted by Crippen LogP contribution is -2.62. The first-order chi connectivity index (χ1) is 22.0. The van der Waals surface area contributed by atoms with Crippen LogP contribution in [0.15, 0.2) is 0 Å². The third-order valence-corrected chi connectivity index (χ3v) is 7.54. The molecule has 0 aromatic carbocycles. The summed E-state index contributed by atoms with van der Waals surface area (Å²) in [7, 11) is 1.45. The molecule has 0 aliphatic carbocycles.